The average Bonchev–Trinajstić information content (AvgIpc) is 2.79. The predicted octanol–water partition coefficient (Wildman–Crippen LogP) is 4.92. The molecule has 5 rings (SSSR count). The molecule has 0 saturated heterocycles. The molecule has 0 aliphatic heterocycles. The van der Waals surface area contributed by atoms with Crippen molar-refractivity contribution in [3.8, 4) is 11.4 Å². The van der Waals surface area contributed by atoms with Gasteiger partial charge in [-0.25, -0.2) is 4.39 Å². The molecule has 2 heterocycles. The molecule has 3 aromatic carbocycles. The largest absolute Gasteiger partial charge is 0.437 e. The Balaban J connectivity index is 1.91. The van der Waals surface area contributed by atoms with E-state index >= 15 is 0 Å². The van der Waals surface area contributed by atoms with Crippen molar-refractivity contribution in [2.24, 2.45) is 0 Å². The Hall–Kier alpha value is -4.06. The molecule has 152 valence electrons. The van der Waals surface area contributed by atoms with Crippen LogP contribution in [0.25, 0.3) is 33.5 Å². The monoisotopic (exact) mass is 412 g/mol. The first kappa shape index (κ1) is 18.9. The first-order valence-electron chi connectivity index (χ1n) is 9.83. The number of rotatable bonds is 3. The van der Waals surface area contributed by atoms with E-state index in [0.717, 1.165) is 5.56 Å². The third kappa shape index (κ3) is 3.13. The number of hydrogen-bond donors (Lipinski definition) is 0. The Morgan fingerprint density at radius 3 is 2.32 bits per heavy atom. The van der Waals surface area contributed by atoms with Gasteiger partial charge in [-0.15, -0.1) is 0 Å². The van der Waals surface area contributed by atoms with E-state index in [2.05, 4.69) is 4.98 Å². The number of fused-ring (bicyclic) bond motifs is 2. The number of para-hydroxylation sites is 1. The van der Waals surface area contributed by atoms with E-state index in [1.807, 2.05) is 37.3 Å². The number of aromatic nitrogens is 2. The third-order valence-electron chi connectivity index (χ3n) is 5.42. The molecule has 31 heavy (non-hydrogen) atoms. The fourth-order valence-electron chi connectivity index (χ4n) is 3.81. The quantitative estimate of drug-likeness (QED) is 0.395. The van der Waals surface area contributed by atoms with Crippen LogP contribution >= 0.6 is 0 Å². The Labute approximate surface area is 176 Å². The van der Waals surface area contributed by atoms with E-state index in [0.29, 0.717) is 22.4 Å². The van der Waals surface area contributed by atoms with E-state index < -0.39 is 22.8 Å². The number of hydrogen-bond acceptors (Lipinski definition) is 4. The first-order chi connectivity index (χ1) is 15.0. The first-order valence-corrected chi connectivity index (χ1v) is 9.83. The molecular weight excluding hydrogens is 395 g/mol. The zero-order valence-corrected chi connectivity index (χ0v) is 16.6. The van der Waals surface area contributed by atoms with Gasteiger partial charge in [-0.3, -0.25) is 14.2 Å². The van der Waals surface area contributed by atoms with E-state index in [-0.39, 0.29) is 11.1 Å². The summed E-state index contributed by atoms with van der Waals surface area (Å²) in [6.07, 6.45) is 0. The summed E-state index contributed by atoms with van der Waals surface area (Å²) in [5.41, 5.74) is 0.808. The highest BCUT2D eigenvalue weighted by Gasteiger charge is 2.22. The van der Waals surface area contributed by atoms with Gasteiger partial charge in [0.15, 0.2) is 5.39 Å². The normalized spacial score (nSPS) is 12.3. The zero-order valence-electron chi connectivity index (χ0n) is 16.6. The molecule has 0 N–H and O–H groups in total. The SMILES string of the molecule is C[C@H](c1ccccc1)n1c(-c2ccc(F)cc2)nc2oc3ccccc3c(=O)c2c1=O. The average molecular weight is 412 g/mol. The second-order valence-corrected chi connectivity index (χ2v) is 7.31. The Morgan fingerprint density at radius 2 is 1.58 bits per heavy atom. The molecule has 0 saturated carbocycles. The highest BCUT2D eigenvalue weighted by Crippen LogP contribution is 2.26. The summed E-state index contributed by atoms with van der Waals surface area (Å²) in [4.78, 5) is 31.4. The lowest BCUT2D eigenvalue weighted by Crippen LogP contribution is -2.30. The van der Waals surface area contributed by atoms with Gasteiger partial charge in [0.1, 0.15) is 17.2 Å². The summed E-state index contributed by atoms with van der Waals surface area (Å²) in [7, 11) is 0. The van der Waals surface area contributed by atoms with Crippen molar-refractivity contribution in [2.75, 3.05) is 0 Å². The van der Waals surface area contributed by atoms with Crippen LogP contribution in [0.3, 0.4) is 0 Å². The summed E-state index contributed by atoms with van der Waals surface area (Å²) < 4.78 is 20.8. The summed E-state index contributed by atoms with van der Waals surface area (Å²) >= 11 is 0. The second-order valence-electron chi connectivity index (χ2n) is 7.31. The minimum Gasteiger partial charge on any atom is -0.437 e. The van der Waals surface area contributed by atoms with Gasteiger partial charge in [-0.1, -0.05) is 42.5 Å². The zero-order chi connectivity index (χ0) is 21.5. The Morgan fingerprint density at radius 1 is 0.903 bits per heavy atom. The number of nitrogens with zero attached hydrogens (tertiary/aromatic N) is 2. The molecule has 0 fully saturated rings. The summed E-state index contributed by atoms with van der Waals surface area (Å²) in [6, 6.07) is 21.5. The molecule has 0 unspecified atom stereocenters. The molecule has 2 aromatic heterocycles. The molecule has 0 bridgehead atoms. The van der Waals surface area contributed by atoms with E-state index in [1.54, 1.807) is 36.4 Å². The van der Waals surface area contributed by atoms with Gasteiger partial charge in [0, 0.05) is 5.56 Å². The lowest BCUT2D eigenvalue weighted by atomic mass is 10.1. The maximum Gasteiger partial charge on any atom is 0.269 e. The van der Waals surface area contributed by atoms with E-state index in [1.165, 1.54) is 16.7 Å². The van der Waals surface area contributed by atoms with Crippen molar-refractivity contribution in [3.63, 3.8) is 0 Å². The van der Waals surface area contributed by atoms with Crippen molar-refractivity contribution in [3.05, 3.63) is 111 Å². The fraction of sp³-hybridized carbons (Fsp3) is 0.0800. The van der Waals surface area contributed by atoms with Crippen LogP contribution in [-0.2, 0) is 0 Å². The molecule has 0 aliphatic rings. The maximum absolute atomic E-state index is 13.7. The van der Waals surface area contributed by atoms with Crippen LogP contribution in [-0.4, -0.2) is 9.55 Å². The van der Waals surface area contributed by atoms with Gasteiger partial charge in [0.2, 0.25) is 11.1 Å². The van der Waals surface area contributed by atoms with Crippen LogP contribution < -0.4 is 11.0 Å². The molecule has 0 spiro atoms. The van der Waals surface area contributed by atoms with Crippen LogP contribution in [0.4, 0.5) is 4.39 Å². The minimum atomic E-state index is -0.500. The third-order valence-corrected chi connectivity index (χ3v) is 5.42. The molecule has 0 amide bonds. The predicted molar refractivity (Wildman–Crippen MR) is 118 cm³/mol. The van der Waals surface area contributed by atoms with Crippen molar-refractivity contribution in [1.29, 1.82) is 0 Å². The molecule has 5 aromatic rings. The van der Waals surface area contributed by atoms with Crippen LogP contribution in [0.15, 0.2) is 92.9 Å². The molecule has 0 aliphatic carbocycles. The Kier molecular flexibility index (Phi) is 4.47. The molecule has 5 nitrogen and oxygen atoms in total. The molecule has 6 heteroatoms. The van der Waals surface area contributed by atoms with Gasteiger partial charge in [0.05, 0.1) is 11.4 Å². The molecular formula is C25H17FN2O3. The van der Waals surface area contributed by atoms with Crippen LogP contribution in [0, 0.1) is 5.82 Å². The minimum absolute atomic E-state index is 0.0375. The van der Waals surface area contributed by atoms with Gasteiger partial charge in [-0.2, -0.15) is 4.98 Å². The Bertz CT molecular complexity index is 1540. The highest BCUT2D eigenvalue weighted by molar-refractivity contribution is 5.88. The molecule has 0 radical (unpaired) electrons. The molecule has 1 atom stereocenters. The van der Waals surface area contributed by atoms with Crippen molar-refractivity contribution in [1.82, 2.24) is 9.55 Å². The number of benzene rings is 3. The van der Waals surface area contributed by atoms with Crippen LogP contribution in [0.2, 0.25) is 0 Å². The summed E-state index contributed by atoms with van der Waals surface area (Å²) in [5, 5.41) is 0.217. The van der Waals surface area contributed by atoms with E-state index in [4.69, 9.17) is 4.42 Å². The van der Waals surface area contributed by atoms with Crippen LogP contribution in [0.1, 0.15) is 18.5 Å². The second kappa shape index (κ2) is 7.32. The number of halogens is 1. The fourth-order valence-corrected chi connectivity index (χ4v) is 3.81. The lowest BCUT2D eigenvalue weighted by molar-refractivity contribution is 0.597. The van der Waals surface area contributed by atoms with Crippen molar-refractivity contribution >= 4 is 22.1 Å². The lowest BCUT2D eigenvalue weighted by Gasteiger charge is -2.20. The summed E-state index contributed by atoms with van der Waals surface area (Å²) in [6.45, 7) is 1.86. The van der Waals surface area contributed by atoms with Crippen LogP contribution in [0.5, 0.6) is 0 Å². The van der Waals surface area contributed by atoms with E-state index in [9.17, 15) is 14.0 Å². The standard InChI is InChI=1S/C25H17FN2O3/c1-15(16-7-3-2-4-8-16)28-23(17-11-13-18(26)14-12-17)27-24-21(25(28)30)22(29)19-9-5-6-10-20(19)31-24/h2-15H,1H3/t15-/m1/s1. The van der Waals surface area contributed by atoms with Crippen molar-refractivity contribution < 1.29 is 8.81 Å². The van der Waals surface area contributed by atoms with Gasteiger partial charge >= 0.3 is 0 Å². The highest BCUT2D eigenvalue weighted by atomic mass is 19.1. The maximum atomic E-state index is 13.7. The topological polar surface area (TPSA) is 65.1 Å². The van der Waals surface area contributed by atoms with Gasteiger partial charge in [0.25, 0.3) is 5.56 Å². The van der Waals surface area contributed by atoms with Gasteiger partial charge in [-0.05, 0) is 48.9 Å². The van der Waals surface area contributed by atoms with Gasteiger partial charge < -0.3 is 4.42 Å². The van der Waals surface area contributed by atoms with Crippen molar-refractivity contribution in [2.45, 2.75) is 13.0 Å². The summed E-state index contributed by atoms with van der Waals surface area (Å²) in [5.74, 6) is -0.0978. The smallest absolute Gasteiger partial charge is 0.269 e.